The zero-order valence-corrected chi connectivity index (χ0v) is 9.48. The number of nitrogens with zero attached hydrogens (tertiary/aromatic N) is 1. The summed E-state index contributed by atoms with van der Waals surface area (Å²) in [5.74, 6) is 0.0125. The highest BCUT2D eigenvalue weighted by molar-refractivity contribution is 6.33. The van der Waals surface area contributed by atoms with Crippen LogP contribution in [-0.4, -0.2) is 18.9 Å². The summed E-state index contributed by atoms with van der Waals surface area (Å²) in [6.07, 6.45) is -4.05. The summed E-state index contributed by atoms with van der Waals surface area (Å²) in [5, 5.41) is 0.229. The van der Waals surface area contributed by atoms with Crippen LogP contribution < -0.4 is 4.90 Å². The van der Waals surface area contributed by atoms with Gasteiger partial charge in [-0.25, -0.2) is 0 Å². The molecule has 92 valence electrons. The van der Waals surface area contributed by atoms with E-state index in [9.17, 15) is 18.0 Å². The Morgan fingerprint density at radius 2 is 2.00 bits per heavy atom. The molecule has 1 aromatic rings. The lowest BCUT2D eigenvalue weighted by Crippen LogP contribution is -2.20. The third kappa shape index (κ3) is 2.54. The van der Waals surface area contributed by atoms with Crippen molar-refractivity contribution in [2.45, 2.75) is 12.6 Å². The first-order valence-corrected chi connectivity index (χ1v) is 5.39. The van der Waals surface area contributed by atoms with Crippen molar-refractivity contribution in [2.75, 3.05) is 18.0 Å². The standard InChI is InChI=1S/C11H9ClF3NO/c12-9-2-1-7(11(13,14)15)5-10(9)16-4-3-8(17)6-16/h1-2,5H,3-4,6H2. The first kappa shape index (κ1) is 12.2. The van der Waals surface area contributed by atoms with Crippen LogP contribution in [-0.2, 0) is 11.0 Å². The third-order valence-electron chi connectivity index (χ3n) is 2.64. The molecule has 0 bridgehead atoms. The van der Waals surface area contributed by atoms with Crippen LogP contribution in [0, 0.1) is 0 Å². The molecule has 1 aromatic carbocycles. The zero-order chi connectivity index (χ0) is 12.6. The number of Topliss-reactive ketones (excluding diaryl/α,β-unsaturated/α-hetero) is 1. The molecule has 0 atom stereocenters. The molecule has 17 heavy (non-hydrogen) atoms. The molecule has 1 fully saturated rings. The molecule has 0 saturated carbocycles. The molecule has 0 aliphatic carbocycles. The van der Waals surface area contributed by atoms with Crippen molar-refractivity contribution in [2.24, 2.45) is 0 Å². The molecule has 0 N–H and O–H groups in total. The number of rotatable bonds is 1. The summed E-state index contributed by atoms with van der Waals surface area (Å²) in [7, 11) is 0. The quantitative estimate of drug-likeness (QED) is 0.776. The van der Waals surface area contributed by atoms with Crippen molar-refractivity contribution in [1.82, 2.24) is 0 Å². The van der Waals surface area contributed by atoms with E-state index in [1.807, 2.05) is 0 Å². The van der Waals surface area contributed by atoms with Crippen molar-refractivity contribution in [3.8, 4) is 0 Å². The van der Waals surface area contributed by atoms with Gasteiger partial charge in [0.05, 0.1) is 22.8 Å². The van der Waals surface area contributed by atoms with Gasteiger partial charge in [0.2, 0.25) is 0 Å². The van der Waals surface area contributed by atoms with Crippen molar-refractivity contribution < 1.29 is 18.0 Å². The Labute approximate surface area is 101 Å². The molecule has 0 aromatic heterocycles. The predicted octanol–water partition coefficient (Wildman–Crippen LogP) is 3.14. The minimum Gasteiger partial charge on any atom is -0.363 e. The summed E-state index contributed by atoms with van der Waals surface area (Å²) >= 11 is 5.85. The molecular formula is C11H9ClF3NO. The number of carbonyl (C=O) groups excluding carboxylic acids is 1. The smallest absolute Gasteiger partial charge is 0.363 e. The second kappa shape index (κ2) is 4.22. The normalized spacial score (nSPS) is 16.7. The zero-order valence-electron chi connectivity index (χ0n) is 8.72. The fraction of sp³-hybridized carbons (Fsp3) is 0.364. The number of benzene rings is 1. The summed E-state index contributed by atoms with van der Waals surface area (Å²) in [5.41, 5.74) is -0.483. The maximum Gasteiger partial charge on any atom is 0.416 e. The Bertz CT molecular complexity index is 459. The van der Waals surface area contributed by atoms with E-state index < -0.39 is 11.7 Å². The van der Waals surface area contributed by atoms with E-state index in [-0.39, 0.29) is 23.0 Å². The van der Waals surface area contributed by atoms with Gasteiger partial charge in [-0.1, -0.05) is 11.6 Å². The maximum atomic E-state index is 12.5. The molecular weight excluding hydrogens is 255 g/mol. The van der Waals surface area contributed by atoms with E-state index in [0.29, 0.717) is 13.0 Å². The van der Waals surface area contributed by atoms with Gasteiger partial charge in [-0.2, -0.15) is 13.2 Å². The highest BCUT2D eigenvalue weighted by Gasteiger charge is 2.32. The van der Waals surface area contributed by atoms with Crippen LogP contribution in [0.4, 0.5) is 18.9 Å². The van der Waals surface area contributed by atoms with Crippen LogP contribution in [0.3, 0.4) is 0 Å². The van der Waals surface area contributed by atoms with Crippen LogP contribution in [0.1, 0.15) is 12.0 Å². The van der Waals surface area contributed by atoms with Crippen LogP contribution in [0.15, 0.2) is 18.2 Å². The minimum atomic E-state index is -4.40. The molecule has 1 aliphatic heterocycles. The van der Waals surface area contributed by atoms with E-state index in [1.54, 1.807) is 4.90 Å². The molecule has 1 aliphatic rings. The monoisotopic (exact) mass is 263 g/mol. The fourth-order valence-electron chi connectivity index (χ4n) is 1.77. The fourth-order valence-corrected chi connectivity index (χ4v) is 2.00. The average molecular weight is 264 g/mol. The molecule has 0 radical (unpaired) electrons. The Balaban J connectivity index is 2.36. The number of anilines is 1. The average Bonchev–Trinajstić information content (AvgIpc) is 2.63. The number of halogens is 4. The summed E-state index contributed by atoms with van der Waals surface area (Å²) in [6, 6.07) is 3.13. The molecule has 2 nitrogen and oxygen atoms in total. The van der Waals surface area contributed by atoms with Gasteiger partial charge in [0.15, 0.2) is 5.78 Å². The van der Waals surface area contributed by atoms with E-state index in [1.165, 1.54) is 6.07 Å². The molecule has 0 spiro atoms. The number of hydrogen-bond donors (Lipinski definition) is 0. The molecule has 0 amide bonds. The SMILES string of the molecule is O=C1CCN(c2cc(C(F)(F)F)ccc2Cl)C1. The summed E-state index contributed by atoms with van der Waals surface area (Å²) in [6.45, 7) is 0.543. The number of alkyl halides is 3. The maximum absolute atomic E-state index is 12.5. The lowest BCUT2D eigenvalue weighted by Gasteiger charge is -2.19. The van der Waals surface area contributed by atoms with Crippen LogP contribution >= 0.6 is 11.6 Å². The van der Waals surface area contributed by atoms with E-state index in [0.717, 1.165) is 12.1 Å². The summed E-state index contributed by atoms with van der Waals surface area (Å²) < 4.78 is 37.6. The third-order valence-corrected chi connectivity index (χ3v) is 2.96. The van der Waals surface area contributed by atoms with E-state index >= 15 is 0 Å². The van der Waals surface area contributed by atoms with Crippen LogP contribution in [0.25, 0.3) is 0 Å². The Morgan fingerprint density at radius 3 is 2.53 bits per heavy atom. The van der Waals surface area contributed by atoms with Gasteiger partial charge < -0.3 is 4.90 Å². The topological polar surface area (TPSA) is 20.3 Å². The van der Waals surface area contributed by atoms with Crippen molar-refractivity contribution in [3.05, 3.63) is 28.8 Å². The molecule has 6 heteroatoms. The minimum absolute atomic E-state index is 0.0125. The van der Waals surface area contributed by atoms with Crippen molar-refractivity contribution in [3.63, 3.8) is 0 Å². The Morgan fingerprint density at radius 1 is 1.29 bits per heavy atom. The van der Waals surface area contributed by atoms with Crippen molar-refractivity contribution in [1.29, 1.82) is 0 Å². The van der Waals surface area contributed by atoms with Gasteiger partial charge in [-0.15, -0.1) is 0 Å². The Hall–Kier alpha value is -1.23. The van der Waals surface area contributed by atoms with Gasteiger partial charge in [-0.3, -0.25) is 4.79 Å². The van der Waals surface area contributed by atoms with Crippen LogP contribution in [0.2, 0.25) is 5.02 Å². The van der Waals surface area contributed by atoms with Gasteiger partial charge in [0, 0.05) is 13.0 Å². The lowest BCUT2D eigenvalue weighted by molar-refractivity contribution is -0.137. The van der Waals surface area contributed by atoms with Crippen molar-refractivity contribution >= 4 is 23.1 Å². The Kier molecular flexibility index (Phi) is 3.03. The first-order valence-electron chi connectivity index (χ1n) is 5.01. The molecule has 0 unspecified atom stereocenters. The highest BCUT2D eigenvalue weighted by Crippen LogP contribution is 2.36. The number of hydrogen-bond acceptors (Lipinski definition) is 2. The molecule has 1 saturated heterocycles. The van der Waals surface area contributed by atoms with Gasteiger partial charge >= 0.3 is 6.18 Å². The molecule has 1 heterocycles. The number of carbonyl (C=O) groups is 1. The predicted molar refractivity (Wildman–Crippen MR) is 58.3 cm³/mol. The van der Waals surface area contributed by atoms with Gasteiger partial charge in [0.25, 0.3) is 0 Å². The lowest BCUT2D eigenvalue weighted by atomic mass is 10.2. The van der Waals surface area contributed by atoms with Gasteiger partial charge in [-0.05, 0) is 18.2 Å². The van der Waals surface area contributed by atoms with Crippen LogP contribution in [0.5, 0.6) is 0 Å². The second-order valence-corrected chi connectivity index (χ2v) is 4.28. The van der Waals surface area contributed by atoms with E-state index in [2.05, 4.69) is 0 Å². The number of ketones is 1. The van der Waals surface area contributed by atoms with Gasteiger partial charge in [0.1, 0.15) is 0 Å². The molecule has 2 rings (SSSR count). The first-order chi connectivity index (χ1) is 7.88. The second-order valence-electron chi connectivity index (χ2n) is 3.87. The largest absolute Gasteiger partial charge is 0.416 e. The highest BCUT2D eigenvalue weighted by atomic mass is 35.5. The van der Waals surface area contributed by atoms with E-state index in [4.69, 9.17) is 11.6 Å². The summed E-state index contributed by atoms with van der Waals surface area (Å²) in [4.78, 5) is 12.7.